The van der Waals surface area contributed by atoms with Crippen LogP contribution in [0.5, 0.6) is 11.5 Å². The van der Waals surface area contributed by atoms with Crippen LogP contribution < -0.4 is 19.7 Å². The summed E-state index contributed by atoms with van der Waals surface area (Å²) in [6.07, 6.45) is 0. The maximum absolute atomic E-state index is 13.6. The number of nitrogens with one attached hydrogen (secondary N) is 1. The van der Waals surface area contributed by atoms with Crippen molar-refractivity contribution in [2.24, 2.45) is 0 Å². The quantitative estimate of drug-likeness (QED) is 0.515. The number of anilines is 2. The molecule has 3 aromatic rings. The second-order valence-electron chi connectivity index (χ2n) is 7.72. The first-order valence-electron chi connectivity index (χ1n) is 10.8. The van der Waals surface area contributed by atoms with Crippen LogP contribution in [0, 0.1) is 13.8 Å². The average Bonchev–Trinajstić information content (AvgIpc) is 3.07. The molecule has 3 aromatic carbocycles. The molecule has 2 amide bonds. The summed E-state index contributed by atoms with van der Waals surface area (Å²) in [7, 11) is 1.57. The molecule has 0 fully saturated rings. The van der Waals surface area contributed by atoms with E-state index in [1.807, 2.05) is 39.0 Å². The van der Waals surface area contributed by atoms with E-state index < -0.39 is 5.91 Å². The zero-order valence-electron chi connectivity index (χ0n) is 19.1. The minimum absolute atomic E-state index is 0.244. The summed E-state index contributed by atoms with van der Waals surface area (Å²) in [6, 6.07) is 19.9. The number of benzene rings is 3. The molecule has 0 saturated heterocycles. The number of carbonyl (C=O) groups is 2. The number of aryl methyl sites for hydroxylation is 1. The van der Waals surface area contributed by atoms with Gasteiger partial charge in [0, 0.05) is 5.69 Å². The van der Waals surface area contributed by atoms with E-state index in [0.717, 1.165) is 16.8 Å². The van der Waals surface area contributed by atoms with Crippen LogP contribution in [0.15, 0.2) is 72.4 Å². The Hall–Kier alpha value is -4.06. The van der Waals surface area contributed by atoms with Crippen LogP contribution >= 0.6 is 0 Å². The third-order valence-electron chi connectivity index (χ3n) is 5.73. The standard InChI is InChI=1S/C27H26N2O4/c1-5-33-22-13-9-19(10-14-22)24-25(28-23-8-6-7-17(2)18(23)3)27(31)29(26(24)30)20-11-15-21(32-4)16-12-20/h6-16,28H,5H2,1-4H3. The van der Waals surface area contributed by atoms with Gasteiger partial charge >= 0.3 is 0 Å². The van der Waals surface area contributed by atoms with Crippen molar-refractivity contribution in [1.29, 1.82) is 0 Å². The lowest BCUT2D eigenvalue weighted by molar-refractivity contribution is -0.120. The zero-order valence-corrected chi connectivity index (χ0v) is 19.1. The third kappa shape index (κ3) is 4.20. The van der Waals surface area contributed by atoms with Gasteiger partial charge in [-0.2, -0.15) is 0 Å². The first-order valence-corrected chi connectivity index (χ1v) is 10.8. The van der Waals surface area contributed by atoms with Crippen LogP contribution in [-0.4, -0.2) is 25.5 Å². The molecule has 1 aliphatic rings. The van der Waals surface area contributed by atoms with Crippen molar-refractivity contribution in [2.75, 3.05) is 23.9 Å². The highest BCUT2D eigenvalue weighted by Crippen LogP contribution is 2.35. The van der Waals surface area contributed by atoms with Crippen molar-refractivity contribution >= 4 is 28.8 Å². The minimum atomic E-state index is -0.407. The van der Waals surface area contributed by atoms with Crippen molar-refractivity contribution in [3.63, 3.8) is 0 Å². The molecule has 1 heterocycles. The van der Waals surface area contributed by atoms with E-state index in [0.29, 0.717) is 34.9 Å². The van der Waals surface area contributed by atoms with Gasteiger partial charge in [-0.05, 0) is 79.9 Å². The first-order chi connectivity index (χ1) is 15.9. The Morgan fingerprint density at radius 2 is 1.52 bits per heavy atom. The van der Waals surface area contributed by atoms with Gasteiger partial charge in [0.15, 0.2) is 0 Å². The molecule has 0 unspecified atom stereocenters. The Morgan fingerprint density at radius 1 is 0.848 bits per heavy atom. The molecule has 4 rings (SSSR count). The highest BCUT2D eigenvalue weighted by atomic mass is 16.5. The smallest absolute Gasteiger partial charge is 0.282 e. The fourth-order valence-electron chi connectivity index (χ4n) is 3.78. The summed E-state index contributed by atoms with van der Waals surface area (Å²) in [4.78, 5) is 28.3. The van der Waals surface area contributed by atoms with Crippen LogP contribution in [-0.2, 0) is 9.59 Å². The predicted octanol–water partition coefficient (Wildman–Crippen LogP) is 5.11. The van der Waals surface area contributed by atoms with Gasteiger partial charge < -0.3 is 14.8 Å². The fourth-order valence-corrected chi connectivity index (χ4v) is 3.78. The lowest BCUT2D eigenvalue weighted by atomic mass is 10.0. The van der Waals surface area contributed by atoms with Crippen LogP contribution in [0.1, 0.15) is 23.6 Å². The van der Waals surface area contributed by atoms with E-state index in [4.69, 9.17) is 9.47 Å². The van der Waals surface area contributed by atoms with Crippen LogP contribution in [0.3, 0.4) is 0 Å². The van der Waals surface area contributed by atoms with E-state index in [1.54, 1.807) is 55.6 Å². The van der Waals surface area contributed by atoms with Gasteiger partial charge in [0.05, 0.1) is 25.0 Å². The molecule has 0 aliphatic carbocycles. The van der Waals surface area contributed by atoms with E-state index in [1.165, 1.54) is 4.90 Å². The molecule has 6 nitrogen and oxygen atoms in total. The maximum Gasteiger partial charge on any atom is 0.282 e. The largest absolute Gasteiger partial charge is 0.497 e. The van der Waals surface area contributed by atoms with Gasteiger partial charge in [-0.1, -0.05) is 24.3 Å². The molecule has 0 bridgehead atoms. The van der Waals surface area contributed by atoms with Crippen molar-refractivity contribution < 1.29 is 19.1 Å². The monoisotopic (exact) mass is 442 g/mol. The molecule has 0 saturated carbocycles. The Bertz CT molecular complexity index is 1230. The fraction of sp³-hybridized carbons (Fsp3) is 0.185. The van der Waals surface area contributed by atoms with Gasteiger partial charge in [0.2, 0.25) is 0 Å². The summed E-state index contributed by atoms with van der Waals surface area (Å²) >= 11 is 0. The Balaban J connectivity index is 1.80. The molecule has 0 atom stereocenters. The van der Waals surface area contributed by atoms with Crippen molar-refractivity contribution in [3.05, 3.63) is 89.1 Å². The number of hydrogen-bond donors (Lipinski definition) is 1. The second-order valence-corrected chi connectivity index (χ2v) is 7.72. The predicted molar refractivity (Wildman–Crippen MR) is 130 cm³/mol. The average molecular weight is 443 g/mol. The minimum Gasteiger partial charge on any atom is -0.497 e. The normalized spacial score (nSPS) is 13.5. The number of amides is 2. The molecular weight excluding hydrogens is 416 g/mol. The molecule has 168 valence electrons. The number of nitrogens with zero attached hydrogens (tertiary/aromatic N) is 1. The Morgan fingerprint density at radius 3 is 2.15 bits per heavy atom. The second kappa shape index (κ2) is 9.20. The van der Waals surface area contributed by atoms with E-state index in [2.05, 4.69) is 5.32 Å². The molecular formula is C27H26N2O4. The van der Waals surface area contributed by atoms with E-state index in [-0.39, 0.29) is 11.6 Å². The van der Waals surface area contributed by atoms with Crippen molar-refractivity contribution in [1.82, 2.24) is 0 Å². The number of ether oxygens (including phenoxy) is 2. The molecule has 0 radical (unpaired) electrons. The van der Waals surface area contributed by atoms with Gasteiger partial charge in [-0.15, -0.1) is 0 Å². The summed E-state index contributed by atoms with van der Waals surface area (Å²) in [5, 5.41) is 3.25. The molecule has 1 N–H and O–H groups in total. The molecule has 6 heteroatoms. The Labute approximate surface area is 193 Å². The Kier molecular flexibility index (Phi) is 6.18. The van der Waals surface area contributed by atoms with Gasteiger partial charge in [-0.3, -0.25) is 9.59 Å². The summed E-state index contributed by atoms with van der Waals surface area (Å²) in [5.74, 6) is 0.554. The SMILES string of the molecule is CCOc1ccc(C2=C(Nc3cccc(C)c3C)C(=O)N(c3ccc(OC)cc3)C2=O)cc1. The highest BCUT2D eigenvalue weighted by Gasteiger charge is 2.40. The van der Waals surface area contributed by atoms with Crippen molar-refractivity contribution in [2.45, 2.75) is 20.8 Å². The van der Waals surface area contributed by atoms with Crippen LogP contribution in [0.25, 0.3) is 5.57 Å². The van der Waals surface area contributed by atoms with Crippen LogP contribution in [0.2, 0.25) is 0 Å². The zero-order chi connectivity index (χ0) is 23.5. The third-order valence-corrected chi connectivity index (χ3v) is 5.73. The summed E-state index contributed by atoms with van der Waals surface area (Å²) in [5.41, 5.74) is 4.57. The number of rotatable bonds is 7. The van der Waals surface area contributed by atoms with Gasteiger partial charge in [0.1, 0.15) is 17.2 Å². The van der Waals surface area contributed by atoms with E-state index in [9.17, 15) is 9.59 Å². The molecule has 0 aromatic heterocycles. The van der Waals surface area contributed by atoms with Gasteiger partial charge in [0.25, 0.3) is 11.8 Å². The number of methoxy groups -OCH3 is 1. The maximum atomic E-state index is 13.6. The topological polar surface area (TPSA) is 67.9 Å². The highest BCUT2D eigenvalue weighted by molar-refractivity contribution is 6.46. The molecule has 1 aliphatic heterocycles. The van der Waals surface area contributed by atoms with Crippen molar-refractivity contribution in [3.8, 4) is 11.5 Å². The molecule has 33 heavy (non-hydrogen) atoms. The van der Waals surface area contributed by atoms with E-state index >= 15 is 0 Å². The van der Waals surface area contributed by atoms with Gasteiger partial charge in [-0.25, -0.2) is 4.90 Å². The number of carbonyl (C=O) groups excluding carboxylic acids is 2. The summed E-state index contributed by atoms with van der Waals surface area (Å²) < 4.78 is 10.7. The number of hydrogen-bond acceptors (Lipinski definition) is 5. The number of imide groups is 1. The first kappa shape index (κ1) is 22.1. The summed E-state index contributed by atoms with van der Waals surface area (Å²) in [6.45, 7) is 6.45. The lowest BCUT2D eigenvalue weighted by Crippen LogP contribution is -2.32. The van der Waals surface area contributed by atoms with Crippen LogP contribution in [0.4, 0.5) is 11.4 Å². The lowest BCUT2D eigenvalue weighted by Gasteiger charge is -2.16. The molecule has 0 spiro atoms.